The summed E-state index contributed by atoms with van der Waals surface area (Å²) >= 11 is 0. The van der Waals surface area contributed by atoms with Gasteiger partial charge in [0.25, 0.3) is 0 Å². The van der Waals surface area contributed by atoms with E-state index in [0.29, 0.717) is 5.56 Å². The Hall–Kier alpha value is -2.96. The Morgan fingerprint density at radius 2 is 1.90 bits per heavy atom. The van der Waals surface area contributed by atoms with Crippen molar-refractivity contribution in [2.24, 2.45) is 0 Å². The van der Waals surface area contributed by atoms with Crippen LogP contribution >= 0.6 is 0 Å². The van der Waals surface area contributed by atoms with Crippen LogP contribution in [-0.4, -0.2) is 42.8 Å². The monoisotopic (exact) mass is 465 g/mol. The van der Waals surface area contributed by atoms with Gasteiger partial charge in [0.2, 0.25) is 15.0 Å². The zero-order valence-corrected chi connectivity index (χ0v) is 16.9. The molecule has 0 amide bonds. The number of imidazole rings is 1. The van der Waals surface area contributed by atoms with Gasteiger partial charge in [-0.1, -0.05) is 0 Å². The van der Waals surface area contributed by atoms with Gasteiger partial charge in [-0.15, -0.1) is 0 Å². The number of nitrogens with zero attached hydrogens (tertiary/aromatic N) is 2. The molecule has 31 heavy (non-hydrogen) atoms. The average molecular weight is 465 g/mol. The number of H-pyrrole nitrogens is 1. The lowest BCUT2D eigenvalue weighted by molar-refractivity contribution is -0.153. The number of fused-ring (bicyclic) bond motifs is 1. The summed E-state index contributed by atoms with van der Waals surface area (Å²) in [4.78, 5) is 10.5. The summed E-state index contributed by atoms with van der Waals surface area (Å²) in [7, 11) is -4.10. The summed E-state index contributed by atoms with van der Waals surface area (Å²) < 4.78 is 96.9. The van der Waals surface area contributed by atoms with Crippen molar-refractivity contribution >= 4 is 20.9 Å². The molecule has 2 aromatic heterocycles. The molecule has 0 atom stereocenters. The average Bonchev–Trinajstić information content (AvgIpc) is 3.07. The number of aromatic nitrogens is 3. The van der Waals surface area contributed by atoms with Crippen molar-refractivity contribution in [1.29, 1.82) is 0 Å². The lowest BCUT2D eigenvalue weighted by atomic mass is 10.1. The highest BCUT2D eigenvalue weighted by Gasteiger charge is 2.30. The highest BCUT2D eigenvalue weighted by atomic mass is 32.2. The highest BCUT2D eigenvalue weighted by Crippen LogP contribution is 2.29. The number of aryl methyl sites for hydroxylation is 1. The van der Waals surface area contributed by atoms with E-state index in [1.54, 1.807) is 0 Å². The van der Waals surface area contributed by atoms with E-state index in [4.69, 9.17) is 4.74 Å². The highest BCUT2D eigenvalue weighted by molar-refractivity contribution is 7.90. The van der Waals surface area contributed by atoms with Crippen LogP contribution in [0.2, 0.25) is 0 Å². The topological polar surface area (TPSA) is 94.2 Å². The van der Waals surface area contributed by atoms with Crippen LogP contribution in [-0.2, 0) is 15.6 Å². The maximum atomic E-state index is 12.8. The van der Waals surface area contributed by atoms with E-state index in [1.807, 2.05) is 0 Å². The predicted octanol–water partition coefficient (Wildman–Crippen LogP) is 4.09. The number of alkyl halides is 5. The fourth-order valence-electron chi connectivity index (χ4n) is 2.82. The first-order valence-electron chi connectivity index (χ1n) is 8.67. The first-order chi connectivity index (χ1) is 14.4. The molecule has 0 unspecified atom stereocenters. The second-order valence-electron chi connectivity index (χ2n) is 6.60. The number of aromatic amines is 1. The third-order valence-corrected chi connectivity index (χ3v) is 5.64. The minimum Gasteiger partial charge on any atom is -0.483 e. The molecule has 0 fully saturated rings. The number of sulfone groups is 1. The fraction of sp³-hybridized carbons (Fsp3) is 0.333. The molecule has 0 bridgehead atoms. The zero-order valence-electron chi connectivity index (χ0n) is 16.1. The number of rotatable bonds is 7. The Labute approximate surface area is 173 Å². The van der Waals surface area contributed by atoms with Crippen LogP contribution in [0.1, 0.15) is 16.8 Å². The van der Waals surface area contributed by atoms with E-state index in [2.05, 4.69) is 19.7 Å². The van der Waals surface area contributed by atoms with Gasteiger partial charge in [0.1, 0.15) is 17.3 Å². The molecule has 0 saturated carbocycles. The molecule has 0 saturated heterocycles. The van der Waals surface area contributed by atoms with Gasteiger partial charge in [-0.25, -0.2) is 13.4 Å². The Kier molecular flexibility index (Phi) is 6.07. The third-order valence-electron chi connectivity index (χ3n) is 4.20. The Morgan fingerprint density at radius 1 is 1.19 bits per heavy atom. The number of hydrogen-bond donors (Lipinski definition) is 1. The molecule has 0 aliphatic carbocycles. The number of nitrogens with one attached hydrogen (secondary N) is 1. The lowest BCUT2D eigenvalue weighted by Gasteiger charge is -2.15. The largest absolute Gasteiger partial charge is 0.483 e. The van der Waals surface area contributed by atoms with Crippen molar-refractivity contribution in [3.8, 4) is 11.5 Å². The van der Waals surface area contributed by atoms with Crippen LogP contribution in [0.5, 0.6) is 11.5 Å². The predicted molar refractivity (Wildman–Crippen MR) is 98.9 cm³/mol. The van der Waals surface area contributed by atoms with Crippen molar-refractivity contribution in [1.82, 2.24) is 15.0 Å². The molecule has 7 nitrogen and oxygen atoms in total. The van der Waals surface area contributed by atoms with Gasteiger partial charge in [0.05, 0.1) is 16.7 Å². The van der Waals surface area contributed by atoms with Crippen molar-refractivity contribution < 1.29 is 39.8 Å². The maximum absolute atomic E-state index is 12.8. The molecule has 3 rings (SSSR count). The van der Waals surface area contributed by atoms with Crippen molar-refractivity contribution in [3.63, 3.8) is 0 Å². The van der Waals surface area contributed by atoms with Crippen molar-refractivity contribution in [2.45, 2.75) is 37.5 Å². The standard InChI is InChI=1S/C18H16F5N3O4S/c1-9-6-24-14(10(2)15(9)29-8-18(21,22)23)7-31(27,28)17-25-12-4-3-11(30-16(19)20)5-13(12)26-17/h3-6,16H,7-8H2,1-2H3,(H,25,26). The Morgan fingerprint density at radius 3 is 2.55 bits per heavy atom. The van der Waals surface area contributed by atoms with E-state index in [1.165, 1.54) is 38.2 Å². The summed E-state index contributed by atoms with van der Waals surface area (Å²) in [6.45, 7) is -1.68. The van der Waals surface area contributed by atoms with Crippen molar-refractivity contribution in [3.05, 3.63) is 41.2 Å². The van der Waals surface area contributed by atoms with Crippen LogP contribution in [0.4, 0.5) is 22.0 Å². The summed E-state index contributed by atoms with van der Waals surface area (Å²) in [5.41, 5.74) is 0.808. The first-order valence-corrected chi connectivity index (χ1v) is 10.3. The summed E-state index contributed by atoms with van der Waals surface area (Å²) in [5, 5.41) is -0.448. The molecule has 1 aromatic carbocycles. The normalized spacial score (nSPS) is 12.5. The van der Waals surface area contributed by atoms with E-state index in [0.717, 1.165) is 0 Å². The molecule has 13 heteroatoms. The van der Waals surface area contributed by atoms with E-state index in [-0.39, 0.29) is 33.8 Å². The van der Waals surface area contributed by atoms with Crippen LogP contribution in [0.15, 0.2) is 29.6 Å². The number of pyridine rings is 1. The molecule has 0 aliphatic rings. The van der Waals surface area contributed by atoms with E-state index < -0.39 is 40.1 Å². The van der Waals surface area contributed by atoms with Gasteiger partial charge in [-0.05, 0) is 26.0 Å². The number of hydrogen-bond acceptors (Lipinski definition) is 6. The van der Waals surface area contributed by atoms with Gasteiger partial charge < -0.3 is 14.5 Å². The quantitative estimate of drug-likeness (QED) is 0.529. The molecule has 0 spiro atoms. The fourth-order valence-corrected chi connectivity index (χ4v) is 4.11. The third kappa shape index (κ3) is 5.40. The van der Waals surface area contributed by atoms with Crippen LogP contribution in [0, 0.1) is 13.8 Å². The Bertz CT molecular complexity index is 1210. The zero-order chi connectivity index (χ0) is 23.0. The number of ether oxygens (including phenoxy) is 2. The smallest absolute Gasteiger partial charge is 0.422 e. The van der Waals surface area contributed by atoms with E-state index in [9.17, 15) is 30.4 Å². The summed E-state index contributed by atoms with van der Waals surface area (Å²) in [5.74, 6) is -0.949. The molecule has 0 aliphatic heterocycles. The number of benzene rings is 1. The molecular weight excluding hydrogens is 449 g/mol. The van der Waals surface area contributed by atoms with Crippen LogP contribution in [0.3, 0.4) is 0 Å². The first kappa shape index (κ1) is 22.7. The molecule has 0 radical (unpaired) electrons. The summed E-state index contributed by atoms with van der Waals surface area (Å²) in [6.07, 6.45) is -3.34. The van der Waals surface area contributed by atoms with Gasteiger partial charge in [-0.2, -0.15) is 22.0 Å². The Balaban J connectivity index is 1.90. The van der Waals surface area contributed by atoms with Gasteiger partial charge in [-0.3, -0.25) is 4.98 Å². The minimum atomic E-state index is -4.56. The second kappa shape index (κ2) is 8.29. The van der Waals surface area contributed by atoms with Crippen LogP contribution in [0.25, 0.3) is 11.0 Å². The maximum Gasteiger partial charge on any atom is 0.422 e. The molecule has 1 N–H and O–H groups in total. The molecule has 2 heterocycles. The van der Waals surface area contributed by atoms with Gasteiger partial charge >= 0.3 is 12.8 Å². The van der Waals surface area contributed by atoms with Crippen molar-refractivity contribution in [2.75, 3.05) is 6.61 Å². The lowest BCUT2D eigenvalue weighted by Crippen LogP contribution is -2.20. The minimum absolute atomic E-state index is 0.00930. The molecular formula is C18H16F5N3O4S. The van der Waals surface area contributed by atoms with Gasteiger partial charge in [0.15, 0.2) is 6.61 Å². The number of halogens is 5. The van der Waals surface area contributed by atoms with Crippen LogP contribution < -0.4 is 9.47 Å². The molecule has 3 aromatic rings. The van der Waals surface area contributed by atoms with Gasteiger partial charge in [0, 0.05) is 23.4 Å². The second-order valence-corrected chi connectivity index (χ2v) is 8.51. The molecule has 168 valence electrons. The summed E-state index contributed by atoms with van der Waals surface area (Å²) in [6, 6.07) is 3.69. The van der Waals surface area contributed by atoms with E-state index >= 15 is 0 Å². The SMILES string of the molecule is Cc1cnc(CS(=O)(=O)c2nc3ccc(OC(F)F)cc3[nH]2)c(C)c1OCC(F)(F)F.